The van der Waals surface area contributed by atoms with Gasteiger partial charge in [-0.05, 0) is 42.1 Å². The van der Waals surface area contributed by atoms with E-state index in [4.69, 9.17) is 10.5 Å². The lowest BCUT2D eigenvalue weighted by molar-refractivity contribution is 0.471. The minimum atomic E-state index is 0.577. The maximum Gasteiger partial charge on any atom is 0.227 e. The minimum Gasteiger partial charge on any atom is -0.436 e. The third-order valence-corrected chi connectivity index (χ3v) is 3.01. The van der Waals surface area contributed by atoms with Gasteiger partial charge in [0, 0.05) is 11.6 Å². The number of hydrogen-bond acceptors (Lipinski definition) is 3. The van der Waals surface area contributed by atoms with Crippen LogP contribution in [-0.2, 0) is 0 Å². The Kier molecular flexibility index (Phi) is 2.80. The number of benzene rings is 2. The number of nitrogens with zero attached hydrogens (tertiary/aromatic N) is 1. The van der Waals surface area contributed by atoms with Crippen LogP contribution in [0, 0.1) is 6.92 Å². The van der Waals surface area contributed by atoms with Crippen molar-refractivity contribution in [2.24, 2.45) is 0 Å². The van der Waals surface area contributed by atoms with Gasteiger partial charge in [-0.2, -0.15) is 0 Å². The average molecular weight is 250 g/mol. The molecule has 3 rings (SSSR count). The highest BCUT2D eigenvalue weighted by atomic mass is 16.5. The number of rotatable bonds is 2. The quantitative estimate of drug-likeness (QED) is 0.701. The van der Waals surface area contributed by atoms with Gasteiger partial charge in [0.05, 0.1) is 5.69 Å². The molecule has 0 fully saturated rings. The van der Waals surface area contributed by atoms with Crippen molar-refractivity contribution >= 4 is 16.5 Å². The molecule has 2 N–H and O–H groups in total. The largest absolute Gasteiger partial charge is 0.436 e. The summed E-state index contributed by atoms with van der Waals surface area (Å²) < 4.78 is 5.84. The van der Waals surface area contributed by atoms with Gasteiger partial charge in [0.25, 0.3) is 0 Å². The van der Waals surface area contributed by atoms with Gasteiger partial charge in [-0.25, -0.2) is 4.98 Å². The van der Waals surface area contributed by atoms with Crippen LogP contribution in [0.4, 0.5) is 5.69 Å². The third kappa shape index (κ3) is 2.22. The first-order valence-electron chi connectivity index (χ1n) is 6.12. The predicted molar refractivity (Wildman–Crippen MR) is 77.4 cm³/mol. The average Bonchev–Trinajstić information content (AvgIpc) is 2.42. The van der Waals surface area contributed by atoms with Crippen LogP contribution in [0.15, 0.2) is 54.7 Å². The first-order valence-corrected chi connectivity index (χ1v) is 6.12. The molecular formula is C16H14N2O. The second-order valence-corrected chi connectivity index (χ2v) is 4.48. The van der Waals surface area contributed by atoms with E-state index in [0.29, 0.717) is 17.3 Å². The van der Waals surface area contributed by atoms with Crippen molar-refractivity contribution in [3.63, 3.8) is 0 Å². The molecule has 0 aliphatic rings. The van der Waals surface area contributed by atoms with Crippen LogP contribution < -0.4 is 10.5 Å². The molecule has 1 heterocycles. The molecule has 0 saturated heterocycles. The number of pyridine rings is 1. The summed E-state index contributed by atoms with van der Waals surface area (Å²) in [5.74, 6) is 1.21. The summed E-state index contributed by atoms with van der Waals surface area (Å²) >= 11 is 0. The number of nitrogen functional groups attached to an aromatic ring is 1. The van der Waals surface area contributed by atoms with Crippen LogP contribution in [0.1, 0.15) is 5.56 Å². The molecule has 0 bridgehead atoms. The normalized spacial score (nSPS) is 10.6. The number of aryl methyl sites for hydroxylation is 1. The summed E-state index contributed by atoms with van der Waals surface area (Å²) in [6, 6.07) is 15.7. The molecule has 0 atom stereocenters. The first kappa shape index (κ1) is 11.5. The number of anilines is 1. The Labute approximate surface area is 111 Å². The fourth-order valence-corrected chi connectivity index (χ4v) is 2.04. The Morgan fingerprint density at radius 3 is 2.74 bits per heavy atom. The molecule has 3 heteroatoms. The molecule has 3 aromatic rings. The maximum atomic E-state index is 5.96. The van der Waals surface area contributed by atoms with Crippen LogP contribution in [0.2, 0.25) is 0 Å². The van der Waals surface area contributed by atoms with Crippen LogP contribution in [0.25, 0.3) is 10.8 Å². The van der Waals surface area contributed by atoms with Crippen molar-refractivity contribution in [2.45, 2.75) is 6.92 Å². The van der Waals surface area contributed by atoms with Gasteiger partial charge in [0.2, 0.25) is 5.88 Å². The lowest BCUT2D eigenvalue weighted by atomic mass is 10.2. The highest BCUT2D eigenvalue weighted by Gasteiger charge is 2.07. The number of ether oxygens (including phenoxy) is 1. The fraction of sp³-hybridized carbons (Fsp3) is 0.0625. The zero-order chi connectivity index (χ0) is 13.2. The lowest BCUT2D eigenvalue weighted by Crippen LogP contribution is -1.94. The van der Waals surface area contributed by atoms with E-state index in [2.05, 4.69) is 4.98 Å². The Balaban J connectivity index is 2.06. The van der Waals surface area contributed by atoms with Crippen LogP contribution in [0.5, 0.6) is 11.6 Å². The molecule has 3 nitrogen and oxygen atoms in total. The van der Waals surface area contributed by atoms with Crippen molar-refractivity contribution in [3.05, 3.63) is 60.3 Å². The molecule has 94 valence electrons. The fourth-order valence-electron chi connectivity index (χ4n) is 2.04. The van der Waals surface area contributed by atoms with Crippen molar-refractivity contribution in [1.29, 1.82) is 0 Å². The van der Waals surface area contributed by atoms with Crippen LogP contribution in [-0.4, -0.2) is 4.98 Å². The SMILES string of the molecule is Cc1ccc(Oc2nccc3ccccc23)c(N)c1. The van der Waals surface area contributed by atoms with Crippen molar-refractivity contribution < 1.29 is 4.74 Å². The van der Waals surface area contributed by atoms with E-state index >= 15 is 0 Å². The van der Waals surface area contributed by atoms with Gasteiger partial charge in [-0.1, -0.05) is 24.3 Å². The summed E-state index contributed by atoms with van der Waals surface area (Å²) in [7, 11) is 0. The van der Waals surface area contributed by atoms with E-state index in [0.717, 1.165) is 16.3 Å². The molecule has 0 saturated carbocycles. The van der Waals surface area contributed by atoms with E-state index in [-0.39, 0.29) is 0 Å². The Morgan fingerprint density at radius 2 is 1.89 bits per heavy atom. The molecule has 0 aliphatic heterocycles. The van der Waals surface area contributed by atoms with Crippen molar-refractivity contribution in [1.82, 2.24) is 4.98 Å². The zero-order valence-corrected chi connectivity index (χ0v) is 10.6. The van der Waals surface area contributed by atoms with Gasteiger partial charge in [-0.3, -0.25) is 0 Å². The number of aromatic nitrogens is 1. The second-order valence-electron chi connectivity index (χ2n) is 4.48. The summed E-state index contributed by atoms with van der Waals surface area (Å²) in [6.07, 6.45) is 1.74. The molecule has 0 aliphatic carbocycles. The molecular weight excluding hydrogens is 236 g/mol. The molecule has 0 amide bonds. The van der Waals surface area contributed by atoms with Gasteiger partial charge in [-0.15, -0.1) is 0 Å². The van der Waals surface area contributed by atoms with Crippen LogP contribution >= 0.6 is 0 Å². The highest BCUT2D eigenvalue weighted by molar-refractivity contribution is 5.86. The Hall–Kier alpha value is -2.55. The Bertz CT molecular complexity index is 732. The molecule has 0 radical (unpaired) electrons. The predicted octanol–water partition coefficient (Wildman–Crippen LogP) is 3.92. The zero-order valence-electron chi connectivity index (χ0n) is 10.6. The number of hydrogen-bond donors (Lipinski definition) is 1. The second kappa shape index (κ2) is 4.61. The smallest absolute Gasteiger partial charge is 0.227 e. The summed E-state index contributed by atoms with van der Waals surface area (Å²) in [5.41, 5.74) is 7.69. The molecule has 1 aromatic heterocycles. The topological polar surface area (TPSA) is 48.1 Å². The van der Waals surface area contributed by atoms with E-state index in [1.165, 1.54) is 0 Å². The third-order valence-electron chi connectivity index (χ3n) is 3.01. The summed E-state index contributed by atoms with van der Waals surface area (Å²) in [6.45, 7) is 2.00. The highest BCUT2D eigenvalue weighted by Crippen LogP contribution is 2.31. The number of nitrogens with two attached hydrogens (primary N) is 1. The molecule has 0 unspecified atom stereocenters. The van der Waals surface area contributed by atoms with E-state index in [1.807, 2.05) is 55.5 Å². The van der Waals surface area contributed by atoms with Gasteiger partial charge in [0.15, 0.2) is 5.75 Å². The summed E-state index contributed by atoms with van der Waals surface area (Å²) in [4.78, 5) is 4.29. The standard InChI is InChI=1S/C16H14N2O/c1-11-6-7-15(14(17)10-11)19-16-13-5-3-2-4-12(13)8-9-18-16/h2-10H,17H2,1H3. The molecule has 19 heavy (non-hydrogen) atoms. The maximum absolute atomic E-state index is 5.96. The minimum absolute atomic E-state index is 0.577. The first-order chi connectivity index (χ1) is 9.24. The lowest BCUT2D eigenvalue weighted by Gasteiger charge is -2.10. The van der Waals surface area contributed by atoms with E-state index < -0.39 is 0 Å². The van der Waals surface area contributed by atoms with Crippen molar-refractivity contribution in [3.8, 4) is 11.6 Å². The number of fused-ring (bicyclic) bond motifs is 1. The van der Waals surface area contributed by atoms with Gasteiger partial charge < -0.3 is 10.5 Å². The Morgan fingerprint density at radius 1 is 1.05 bits per heavy atom. The van der Waals surface area contributed by atoms with Crippen molar-refractivity contribution in [2.75, 3.05) is 5.73 Å². The van der Waals surface area contributed by atoms with Gasteiger partial charge in [0.1, 0.15) is 0 Å². The van der Waals surface area contributed by atoms with Gasteiger partial charge >= 0.3 is 0 Å². The van der Waals surface area contributed by atoms with Crippen LogP contribution in [0.3, 0.4) is 0 Å². The monoisotopic (exact) mass is 250 g/mol. The van der Waals surface area contributed by atoms with E-state index in [1.54, 1.807) is 6.20 Å². The molecule has 2 aromatic carbocycles. The van der Waals surface area contributed by atoms with E-state index in [9.17, 15) is 0 Å². The summed E-state index contributed by atoms with van der Waals surface area (Å²) in [5, 5.41) is 2.07. The molecule has 0 spiro atoms.